The first-order valence-corrected chi connectivity index (χ1v) is 9.53. The molecule has 1 N–H and O–H groups in total. The fraction of sp³-hybridized carbons (Fsp3) is 0.286. The second-order valence-corrected chi connectivity index (χ2v) is 7.95. The van der Waals surface area contributed by atoms with Crippen LogP contribution in [0.25, 0.3) is 27.7 Å². The molecule has 150 valence electrons. The van der Waals surface area contributed by atoms with Crippen LogP contribution < -0.4 is 5.56 Å². The summed E-state index contributed by atoms with van der Waals surface area (Å²) in [7, 11) is 1.61. The van der Waals surface area contributed by atoms with E-state index in [1.54, 1.807) is 37.9 Å². The minimum atomic E-state index is -0.722. The van der Waals surface area contributed by atoms with E-state index in [2.05, 4.69) is 10.1 Å². The number of aromatic nitrogens is 4. The molecule has 7 nitrogen and oxygen atoms in total. The Morgan fingerprint density at radius 1 is 1.21 bits per heavy atom. The van der Waals surface area contributed by atoms with Crippen molar-refractivity contribution in [3.8, 4) is 11.1 Å². The molecule has 0 unspecified atom stereocenters. The minimum absolute atomic E-state index is 0.158. The molecular weight excluding hydrogens is 392 g/mol. The lowest BCUT2D eigenvalue weighted by atomic mass is 10.1. The normalized spacial score (nSPS) is 12.2. The molecule has 3 aromatic heterocycles. The van der Waals surface area contributed by atoms with Crippen LogP contribution in [0.1, 0.15) is 19.5 Å². The Morgan fingerprint density at radius 2 is 1.93 bits per heavy atom. The van der Waals surface area contributed by atoms with Crippen molar-refractivity contribution in [2.45, 2.75) is 26.0 Å². The van der Waals surface area contributed by atoms with E-state index in [1.807, 2.05) is 30.3 Å². The second-order valence-electron chi connectivity index (χ2n) is 7.52. The monoisotopic (exact) mass is 412 g/mol. The van der Waals surface area contributed by atoms with Gasteiger partial charge < -0.3 is 14.4 Å². The second kappa shape index (κ2) is 7.26. The largest absolute Gasteiger partial charge is 0.394 e. The summed E-state index contributed by atoms with van der Waals surface area (Å²) in [6.07, 6.45) is 3.24. The van der Waals surface area contributed by atoms with Gasteiger partial charge in [0.25, 0.3) is 5.56 Å². The van der Waals surface area contributed by atoms with Crippen molar-refractivity contribution >= 4 is 28.2 Å². The van der Waals surface area contributed by atoms with Gasteiger partial charge in [0.1, 0.15) is 0 Å². The van der Waals surface area contributed by atoms with Crippen LogP contribution in [-0.4, -0.2) is 38.0 Å². The van der Waals surface area contributed by atoms with Gasteiger partial charge in [0, 0.05) is 24.5 Å². The molecule has 0 amide bonds. The number of halogens is 1. The predicted molar refractivity (Wildman–Crippen MR) is 112 cm³/mol. The quantitative estimate of drug-likeness (QED) is 0.544. The van der Waals surface area contributed by atoms with E-state index < -0.39 is 5.54 Å². The number of aliphatic hydroxyl groups is 1. The van der Waals surface area contributed by atoms with Crippen molar-refractivity contribution in [2.24, 2.45) is 0 Å². The summed E-state index contributed by atoms with van der Waals surface area (Å²) in [6.45, 7) is 3.75. The molecule has 4 rings (SSSR count). The van der Waals surface area contributed by atoms with E-state index in [-0.39, 0.29) is 12.2 Å². The molecule has 0 aliphatic rings. The Hall–Kier alpha value is -2.74. The molecule has 0 radical (unpaired) electrons. The lowest BCUT2D eigenvalue weighted by Crippen LogP contribution is -2.38. The molecule has 8 heteroatoms. The van der Waals surface area contributed by atoms with Gasteiger partial charge in [-0.2, -0.15) is 5.10 Å². The van der Waals surface area contributed by atoms with E-state index in [4.69, 9.17) is 16.3 Å². The van der Waals surface area contributed by atoms with Crippen molar-refractivity contribution in [2.75, 3.05) is 13.7 Å². The molecule has 0 aliphatic heterocycles. The Labute approximate surface area is 172 Å². The first-order valence-electron chi connectivity index (χ1n) is 9.15. The molecule has 0 bridgehead atoms. The first kappa shape index (κ1) is 19.6. The highest BCUT2D eigenvalue weighted by molar-refractivity contribution is 6.30. The molecule has 3 heterocycles. The zero-order chi connectivity index (χ0) is 20.8. The third kappa shape index (κ3) is 3.21. The zero-order valence-electron chi connectivity index (χ0n) is 16.4. The van der Waals surface area contributed by atoms with Crippen LogP contribution in [-0.2, 0) is 16.9 Å². The van der Waals surface area contributed by atoms with Crippen molar-refractivity contribution in [1.82, 2.24) is 19.2 Å². The number of nitrogens with zero attached hydrogens (tertiary/aromatic N) is 4. The van der Waals surface area contributed by atoms with Crippen LogP contribution in [0.3, 0.4) is 0 Å². The smallest absolute Gasteiger partial charge is 0.262 e. The van der Waals surface area contributed by atoms with Gasteiger partial charge in [-0.1, -0.05) is 23.7 Å². The average molecular weight is 413 g/mol. The van der Waals surface area contributed by atoms with Crippen molar-refractivity contribution in [3.63, 3.8) is 0 Å². The Kier molecular flexibility index (Phi) is 4.90. The van der Waals surface area contributed by atoms with E-state index >= 15 is 0 Å². The number of ether oxygens (including phenoxy) is 1. The summed E-state index contributed by atoms with van der Waals surface area (Å²) >= 11 is 6.04. The summed E-state index contributed by atoms with van der Waals surface area (Å²) in [6, 6.07) is 9.26. The summed E-state index contributed by atoms with van der Waals surface area (Å²) in [5.74, 6) is 0. The number of benzene rings is 1. The maximum atomic E-state index is 13.0. The fourth-order valence-corrected chi connectivity index (χ4v) is 3.54. The average Bonchev–Trinajstić information content (AvgIpc) is 3.07. The van der Waals surface area contributed by atoms with Gasteiger partial charge >= 0.3 is 0 Å². The third-order valence-electron chi connectivity index (χ3n) is 5.04. The van der Waals surface area contributed by atoms with Gasteiger partial charge in [-0.15, -0.1) is 0 Å². The summed E-state index contributed by atoms with van der Waals surface area (Å²) in [5, 5.41) is 15.4. The summed E-state index contributed by atoms with van der Waals surface area (Å²) in [5.41, 5.74) is 2.79. The van der Waals surface area contributed by atoms with Gasteiger partial charge in [0.2, 0.25) is 0 Å². The van der Waals surface area contributed by atoms with E-state index in [9.17, 15) is 9.90 Å². The maximum absolute atomic E-state index is 13.0. The highest BCUT2D eigenvalue weighted by Gasteiger charge is 2.23. The van der Waals surface area contributed by atoms with Gasteiger partial charge in [0.15, 0.2) is 5.65 Å². The molecule has 0 spiro atoms. The Balaban J connectivity index is 2.02. The van der Waals surface area contributed by atoms with Crippen LogP contribution in [0.15, 0.2) is 47.5 Å². The number of methoxy groups -OCH3 is 1. The fourth-order valence-electron chi connectivity index (χ4n) is 3.42. The summed E-state index contributed by atoms with van der Waals surface area (Å²) < 4.78 is 8.52. The van der Waals surface area contributed by atoms with Crippen LogP contribution >= 0.6 is 11.6 Å². The molecule has 0 fully saturated rings. The number of aliphatic hydroxyl groups excluding tert-OH is 1. The van der Waals surface area contributed by atoms with Crippen LogP contribution in [0, 0.1) is 0 Å². The topological polar surface area (TPSA) is 81.7 Å². The molecule has 1 aromatic carbocycles. The van der Waals surface area contributed by atoms with Gasteiger partial charge in [-0.05, 0) is 37.6 Å². The zero-order valence-corrected chi connectivity index (χ0v) is 17.1. The minimum Gasteiger partial charge on any atom is -0.394 e. The molecule has 0 aliphatic carbocycles. The number of hydrogen-bond acceptors (Lipinski definition) is 5. The van der Waals surface area contributed by atoms with Crippen LogP contribution in [0.5, 0.6) is 0 Å². The molecular formula is C21H21ClN4O3. The highest BCUT2D eigenvalue weighted by atomic mass is 35.5. The van der Waals surface area contributed by atoms with Crippen LogP contribution in [0.2, 0.25) is 5.02 Å². The van der Waals surface area contributed by atoms with E-state index in [1.165, 1.54) is 4.57 Å². The van der Waals surface area contributed by atoms with E-state index in [0.717, 1.165) is 16.8 Å². The van der Waals surface area contributed by atoms with Gasteiger partial charge in [-0.3, -0.25) is 4.79 Å². The standard InChI is InChI=1S/C21H21ClN4O3/c1-21(2,12-27)25-9-8-17-15(20(25)28)10-23-19-18(13-4-6-14(22)7-5-13)16(11-29-3)24-26(17)19/h4-10,27H,11-12H2,1-3H3. The first-order chi connectivity index (χ1) is 13.9. The molecule has 0 atom stereocenters. The van der Waals surface area contributed by atoms with E-state index in [0.29, 0.717) is 28.2 Å². The number of rotatable bonds is 5. The third-order valence-corrected chi connectivity index (χ3v) is 5.29. The van der Waals surface area contributed by atoms with Crippen molar-refractivity contribution in [1.29, 1.82) is 0 Å². The van der Waals surface area contributed by atoms with Crippen molar-refractivity contribution in [3.05, 3.63) is 63.8 Å². The molecule has 4 aromatic rings. The lowest BCUT2D eigenvalue weighted by Gasteiger charge is -2.25. The molecule has 0 saturated carbocycles. The summed E-state index contributed by atoms with van der Waals surface area (Å²) in [4.78, 5) is 17.6. The van der Waals surface area contributed by atoms with Crippen molar-refractivity contribution < 1.29 is 9.84 Å². The number of pyridine rings is 1. The van der Waals surface area contributed by atoms with Crippen LogP contribution in [0.4, 0.5) is 0 Å². The lowest BCUT2D eigenvalue weighted by molar-refractivity contribution is 0.161. The van der Waals surface area contributed by atoms with Gasteiger partial charge in [0.05, 0.1) is 40.9 Å². The number of hydrogen-bond donors (Lipinski definition) is 1. The highest BCUT2D eigenvalue weighted by Crippen LogP contribution is 2.30. The SMILES string of the molecule is COCc1nn2c(ncc3c(=O)n(C(C)(C)CO)ccc32)c1-c1ccc(Cl)cc1. The Bertz CT molecular complexity index is 1260. The predicted octanol–water partition coefficient (Wildman–Crippen LogP) is 3.24. The molecule has 29 heavy (non-hydrogen) atoms. The van der Waals surface area contributed by atoms with Gasteiger partial charge in [-0.25, -0.2) is 9.50 Å². The number of fused-ring (bicyclic) bond motifs is 3. The maximum Gasteiger partial charge on any atom is 0.262 e. The Morgan fingerprint density at radius 3 is 2.59 bits per heavy atom. The molecule has 0 saturated heterocycles.